The number of rotatable bonds is 6. The Morgan fingerprint density at radius 1 is 1.12 bits per heavy atom. The minimum atomic E-state index is -0.0473. The van der Waals surface area contributed by atoms with E-state index in [2.05, 4.69) is 36.1 Å². The highest BCUT2D eigenvalue weighted by Gasteiger charge is 2.57. The number of ether oxygens (including phenoxy) is 1. The number of aromatic nitrogens is 3. The summed E-state index contributed by atoms with van der Waals surface area (Å²) in [5.41, 5.74) is 2.70. The van der Waals surface area contributed by atoms with E-state index < -0.39 is 0 Å². The molecule has 0 N–H and O–H groups in total. The van der Waals surface area contributed by atoms with Gasteiger partial charge in [0, 0.05) is 12.8 Å². The zero-order valence-electron chi connectivity index (χ0n) is 20.3. The first kappa shape index (κ1) is 22.5. The van der Waals surface area contributed by atoms with Crippen LogP contribution in [-0.4, -0.2) is 32.6 Å². The summed E-state index contributed by atoms with van der Waals surface area (Å²) >= 11 is 0. The molecule has 33 heavy (non-hydrogen) atoms. The van der Waals surface area contributed by atoms with Crippen LogP contribution < -0.4 is 0 Å². The number of carbonyl (C=O) groups excluding carboxylic acids is 2. The van der Waals surface area contributed by atoms with Gasteiger partial charge in [0.2, 0.25) is 0 Å². The standard InChI is InChI=1S/C27H37N3O3/c1-4-5-25(32)33-19-10-12-26(2)18(14-19)6-7-20-21-8-9-23(27(21,3)13-11-22(20)26)24(31)15-30-17-28-16-29-30/h6,9,16-17,19-22H,4-5,7-8,10-15H2,1-3H3/t19-,20-,21-,22-,26-,27-/m0/s1. The zero-order chi connectivity index (χ0) is 23.2. The summed E-state index contributed by atoms with van der Waals surface area (Å²) in [5.74, 6) is 1.94. The van der Waals surface area contributed by atoms with Crippen LogP contribution in [0.2, 0.25) is 0 Å². The molecule has 6 atom stereocenters. The van der Waals surface area contributed by atoms with Gasteiger partial charge >= 0.3 is 5.97 Å². The fourth-order valence-electron chi connectivity index (χ4n) is 7.72. The normalized spacial score (nSPS) is 37.3. The van der Waals surface area contributed by atoms with Crippen LogP contribution >= 0.6 is 0 Å². The summed E-state index contributed by atoms with van der Waals surface area (Å²) in [6.07, 6.45) is 16.5. The largest absolute Gasteiger partial charge is 0.462 e. The molecule has 0 unspecified atom stereocenters. The lowest BCUT2D eigenvalue weighted by Gasteiger charge is -2.57. The predicted molar refractivity (Wildman–Crippen MR) is 125 cm³/mol. The number of esters is 1. The van der Waals surface area contributed by atoms with Crippen molar-refractivity contribution in [2.45, 2.75) is 91.2 Å². The summed E-state index contributed by atoms with van der Waals surface area (Å²) in [7, 11) is 0. The fourth-order valence-corrected chi connectivity index (χ4v) is 7.72. The number of nitrogens with zero attached hydrogens (tertiary/aromatic N) is 3. The Kier molecular flexibility index (Phi) is 5.82. The number of hydrogen-bond donors (Lipinski definition) is 0. The van der Waals surface area contributed by atoms with Crippen LogP contribution in [0.5, 0.6) is 0 Å². The molecule has 6 heteroatoms. The van der Waals surface area contributed by atoms with Crippen molar-refractivity contribution < 1.29 is 14.3 Å². The molecule has 4 aliphatic rings. The second-order valence-corrected chi connectivity index (χ2v) is 11.2. The first-order valence-corrected chi connectivity index (χ1v) is 12.8. The van der Waals surface area contributed by atoms with Crippen molar-refractivity contribution in [1.29, 1.82) is 0 Å². The molecule has 6 nitrogen and oxygen atoms in total. The van der Waals surface area contributed by atoms with Crippen molar-refractivity contribution in [2.24, 2.45) is 28.6 Å². The second-order valence-electron chi connectivity index (χ2n) is 11.2. The molecule has 2 fully saturated rings. The third-order valence-electron chi connectivity index (χ3n) is 9.46. The van der Waals surface area contributed by atoms with E-state index in [0.29, 0.717) is 24.2 Å². The van der Waals surface area contributed by atoms with Gasteiger partial charge in [0.1, 0.15) is 25.3 Å². The Morgan fingerprint density at radius 2 is 1.94 bits per heavy atom. The predicted octanol–water partition coefficient (Wildman–Crippen LogP) is 5.06. The molecular formula is C27H37N3O3. The van der Waals surface area contributed by atoms with E-state index in [1.54, 1.807) is 11.0 Å². The van der Waals surface area contributed by atoms with Crippen molar-refractivity contribution in [3.05, 3.63) is 36.0 Å². The molecule has 1 heterocycles. The van der Waals surface area contributed by atoms with Gasteiger partial charge in [-0.15, -0.1) is 0 Å². The van der Waals surface area contributed by atoms with Crippen LogP contribution in [0, 0.1) is 28.6 Å². The molecule has 0 aromatic carbocycles. The Balaban J connectivity index is 1.31. The maximum absolute atomic E-state index is 13.2. The molecule has 0 aliphatic heterocycles. The van der Waals surface area contributed by atoms with E-state index in [1.807, 2.05) is 6.92 Å². The van der Waals surface area contributed by atoms with E-state index in [1.165, 1.54) is 18.3 Å². The molecule has 0 saturated heterocycles. The van der Waals surface area contributed by atoms with Crippen LogP contribution in [-0.2, 0) is 20.9 Å². The van der Waals surface area contributed by atoms with Crippen molar-refractivity contribution in [2.75, 3.05) is 0 Å². The SMILES string of the molecule is CCCC(=O)O[C@H]1CC[C@@]2(C)C(=CC[C@@H]3[C@@H]2CC[C@]2(C)C(C(=O)Cn4cncn4)=CC[C@@H]32)C1. The molecule has 0 amide bonds. The molecule has 1 aromatic rings. The van der Waals surface area contributed by atoms with Crippen LogP contribution in [0.4, 0.5) is 0 Å². The summed E-state index contributed by atoms with van der Waals surface area (Å²) in [5, 5.41) is 4.13. The van der Waals surface area contributed by atoms with Crippen molar-refractivity contribution >= 4 is 11.8 Å². The van der Waals surface area contributed by atoms with Gasteiger partial charge in [-0.1, -0.05) is 38.5 Å². The van der Waals surface area contributed by atoms with Crippen LogP contribution in [0.3, 0.4) is 0 Å². The molecular weight excluding hydrogens is 414 g/mol. The van der Waals surface area contributed by atoms with Crippen LogP contribution in [0.1, 0.15) is 78.6 Å². The first-order valence-electron chi connectivity index (χ1n) is 12.8. The van der Waals surface area contributed by atoms with Crippen molar-refractivity contribution in [3.63, 3.8) is 0 Å². The average Bonchev–Trinajstić information content (AvgIpc) is 3.41. The van der Waals surface area contributed by atoms with Gasteiger partial charge in [0.05, 0.1) is 0 Å². The van der Waals surface area contributed by atoms with E-state index in [4.69, 9.17) is 4.74 Å². The van der Waals surface area contributed by atoms with Gasteiger partial charge in [-0.25, -0.2) is 9.67 Å². The summed E-state index contributed by atoms with van der Waals surface area (Å²) in [6, 6.07) is 0. The van der Waals surface area contributed by atoms with Gasteiger partial charge in [0.25, 0.3) is 0 Å². The van der Waals surface area contributed by atoms with Crippen molar-refractivity contribution in [3.8, 4) is 0 Å². The smallest absolute Gasteiger partial charge is 0.306 e. The molecule has 1 aromatic heterocycles. The van der Waals surface area contributed by atoms with Crippen molar-refractivity contribution in [1.82, 2.24) is 14.8 Å². The maximum atomic E-state index is 13.2. The monoisotopic (exact) mass is 451 g/mol. The second kappa shape index (κ2) is 8.52. The number of hydrogen-bond acceptors (Lipinski definition) is 5. The number of fused-ring (bicyclic) bond motifs is 5. The third kappa shape index (κ3) is 3.79. The van der Waals surface area contributed by atoms with Crippen LogP contribution in [0.15, 0.2) is 36.0 Å². The number of ketones is 1. The lowest BCUT2D eigenvalue weighted by Crippen LogP contribution is -2.50. The highest BCUT2D eigenvalue weighted by Crippen LogP contribution is 2.65. The van der Waals surface area contributed by atoms with Crippen LogP contribution in [0.25, 0.3) is 0 Å². The van der Waals surface area contributed by atoms with E-state index in [0.717, 1.165) is 50.5 Å². The third-order valence-corrected chi connectivity index (χ3v) is 9.46. The molecule has 2 saturated carbocycles. The van der Waals surface area contributed by atoms with Gasteiger partial charge in [-0.2, -0.15) is 5.10 Å². The summed E-state index contributed by atoms with van der Waals surface area (Å²) in [6.45, 7) is 7.09. The Hall–Kier alpha value is -2.24. The average molecular weight is 452 g/mol. The lowest BCUT2D eigenvalue weighted by molar-refractivity contribution is -0.151. The Bertz CT molecular complexity index is 981. The zero-order valence-corrected chi connectivity index (χ0v) is 20.3. The minimum Gasteiger partial charge on any atom is -0.462 e. The number of carbonyl (C=O) groups is 2. The summed E-state index contributed by atoms with van der Waals surface area (Å²) in [4.78, 5) is 29.2. The molecule has 0 spiro atoms. The topological polar surface area (TPSA) is 74.1 Å². The minimum absolute atomic E-state index is 0.0343. The van der Waals surface area contributed by atoms with E-state index >= 15 is 0 Å². The van der Waals surface area contributed by atoms with E-state index in [-0.39, 0.29) is 35.2 Å². The lowest BCUT2D eigenvalue weighted by atomic mass is 9.47. The van der Waals surface area contributed by atoms with E-state index in [9.17, 15) is 9.59 Å². The van der Waals surface area contributed by atoms with Gasteiger partial charge in [-0.3, -0.25) is 9.59 Å². The Morgan fingerprint density at radius 3 is 2.70 bits per heavy atom. The molecule has 5 rings (SSSR count). The molecule has 0 radical (unpaired) electrons. The molecule has 0 bridgehead atoms. The quantitative estimate of drug-likeness (QED) is 0.446. The highest BCUT2D eigenvalue weighted by molar-refractivity contribution is 5.97. The summed E-state index contributed by atoms with van der Waals surface area (Å²) < 4.78 is 7.43. The highest BCUT2D eigenvalue weighted by atomic mass is 16.5. The van der Waals surface area contributed by atoms with Gasteiger partial charge < -0.3 is 4.74 Å². The number of allylic oxidation sites excluding steroid dienone is 3. The van der Waals surface area contributed by atoms with Gasteiger partial charge in [0.15, 0.2) is 5.78 Å². The number of Topliss-reactive ketones (excluding diaryl/α,β-unsaturated/α-hetero) is 1. The maximum Gasteiger partial charge on any atom is 0.306 e. The molecule has 178 valence electrons. The fraction of sp³-hybridized carbons (Fsp3) is 0.704. The molecule has 4 aliphatic carbocycles. The van der Waals surface area contributed by atoms with Gasteiger partial charge in [-0.05, 0) is 79.1 Å². The Labute approximate surface area is 196 Å². The first-order chi connectivity index (χ1) is 15.8.